The van der Waals surface area contributed by atoms with E-state index in [4.69, 9.17) is 9.47 Å². The Bertz CT molecular complexity index is 813. The lowest BCUT2D eigenvalue weighted by molar-refractivity contribution is -0.140. The Kier molecular flexibility index (Phi) is 5.03. The highest BCUT2D eigenvalue weighted by molar-refractivity contribution is 5.92. The predicted molar refractivity (Wildman–Crippen MR) is 96.4 cm³/mol. The average Bonchev–Trinajstić information content (AvgIpc) is 2.63. The molecule has 0 amide bonds. The summed E-state index contributed by atoms with van der Waals surface area (Å²) in [5, 5.41) is 3.31. The molecule has 130 valence electrons. The van der Waals surface area contributed by atoms with Crippen LogP contribution in [0.2, 0.25) is 0 Å². The van der Waals surface area contributed by atoms with Crippen LogP contribution in [-0.4, -0.2) is 17.6 Å². The fraction of sp³-hybridized carbons (Fsp3) is 0.300. The topological polar surface area (TPSA) is 60.5 Å². The van der Waals surface area contributed by atoms with Gasteiger partial charge in [0.15, 0.2) is 0 Å². The first kappa shape index (κ1) is 17.0. The van der Waals surface area contributed by atoms with Crippen molar-refractivity contribution >= 4 is 11.7 Å². The van der Waals surface area contributed by atoms with Gasteiger partial charge in [0.05, 0.1) is 17.9 Å². The van der Waals surface area contributed by atoms with Crippen molar-refractivity contribution in [1.29, 1.82) is 0 Å². The zero-order valence-corrected chi connectivity index (χ0v) is 14.8. The first-order valence-corrected chi connectivity index (χ1v) is 8.39. The third-order valence-electron chi connectivity index (χ3n) is 4.19. The number of aryl methyl sites for hydroxylation is 1. The molecule has 1 aliphatic heterocycles. The first-order valence-electron chi connectivity index (χ1n) is 8.39. The summed E-state index contributed by atoms with van der Waals surface area (Å²) in [4.78, 5) is 16.9. The third kappa shape index (κ3) is 3.65. The molecule has 2 aromatic rings. The van der Waals surface area contributed by atoms with Crippen LogP contribution in [0.25, 0.3) is 0 Å². The van der Waals surface area contributed by atoms with Gasteiger partial charge in [0.25, 0.3) is 0 Å². The summed E-state index contributed by atoms with van der Waals surface area (Å²) in [5.74, 6) is 0.250. The highest BCUT2D eigenvalue weighted by atomic mass is 16.5. The van der Waals surface area contributed by atoms with E-state index in [2.05, 4.69) is 10.3 Å². The second kappa shape index (κ2) is 7.38. The molecular formula is C20H22N2O3. The molecule has 0 atom stereocenters. The lowest BCUT2D eigenvalue weighted by Gasteiger charge is -2.24. The number of esters is 1. The van der Waals surface area contributed by atoms with Crippen LogP contribution in [0.4, 0.5) is 5.69 Å². The van der Waals surface area contributed by atoms with Crippen molar-refractivity contribution in [3.05, 3.63) is 64.5 Å². The summed E-state index contributed by atoms with van der Waals surface area (Å²) in [6.07, 6.45) is 2.23. The molecule has 0 radical (unpaired) electrons. The number of fused-ring (bicyclic) bond motifs is 1. The molecule has 1 aromatic heterocycles. The molecule has 1 aliphatic rings. The van der Waals surface area contributed by atoms with Crippen LogP contribution in [0, 0.1) is 6.92 Å². The van der Waals surface area contributed by atoms with Crippen molar-refractivity contribution < 1.29 is 14.3 Å². The Morgan fingerprint density at radius 2 is 2.00 bits per heavy atom. The van der Waals surface area contributed by atoms with E-state index >= 15 is 0 Å². The van der Waals surface area contributed by atoms with E-state index in [-0.39, 0.29) is 12.6 Å². The van der Waals surface area contributed by atoms with Crippen molar-refractivity contribution in [2.24, 2.45) is 0 Å². The predicted octanol–water partition coefficient (Wildman–Crippen LogP) is 3.77. The maximum Gasteiger partial charge on any atom is 0.336 e. The average molecular weight is 338 g/mol. The van der Waals surface area contributed by atoms with Gasteiger partial charge in [-0.15, -0.1) is 0 Å². The van der Waals surface area contributed by atoms with E-state index in [0.29, 0.717) is 24.5 Å². The van der Waals surface area contributed by atoms with Gasteiger partial charge in [0.2, 0.25) is 5.88 Å². The minimum Gasteiger partial charge on any atom is -0.478 e. The number of carbonyl (C=O) groups excluding carboxylic acids is 1. The van der Waals surface area contributed by atoms with E-state index < -0.39 is 0 Å². The van der Waals surface area contributed by atoms with Gasteiger partial charge in [0, 0.05) is 23.9 Å². The van der Waals surface area contributed by atoms with E-state index in [1.807, 2.05) is 51.1 Å². The van der Waals surface area contributed by atoms with Crippen molar-refractivity contribution in [3.8, 4) is 5.88 Å². The summed E-state index contributed by atoms with van der Waals surface area (Å²) in [6, 6.07) is 9.65. The number of ether oxygens (including phenoxy) is 2. The maximum atomic E-state index is 12.6. The number of benzene rings is 1. The molecule has 5 heteroatoms. The highest BCUT2D eigenvalue weighted by Gasteiger charge is 2.26. The van der Waals surface area contributed by atoms with Crippen molar-refractivity contribution in [3.63, 3.8) is 0 Å². The normalized spacial score (nSPS) is 13.1. The fourth-order valence-electron chi connectivity index (χ4n) is 2.85. The van der Waals surface area contributed by atoms with Gasteiger partial charge < -0.3 is 14.8 Å². The number of allylic oxidation sites excluding steroid dienone is 1. The van der Waals surface area contributed by atoms with E-state index in [1.54, 1.807) is 6.20 Å². The van der Waals surface area contributed by atoms with Crippen molar-refractivity contribution in [2.45, 2.75) is 33.8 Å². The van der Waals surface area contributed by atoms with E-state index in [0.717, 1.165) is 28.1 Å². The van der Waals surface area contributed by atoms with E-state index in [1.165, 1.54) is 0 Å². The lowest BCUT2D eigenvalue weighted by atomic mass is 9.97. The maximum absolute atomic E-state index is 12.6. The molecule has 1 N–H and O–H groups in total. The standard InChI is InChI=1S/C20H22N2O3/c1-4-24-19-17-10-16(14(3)22-18(17)13(2)11-21-19)20(23)25-12-15-8-6-5-7-9-15/h5-9,11,22H,4,10,12H2,1-3H3. The molecule has 0 fully saturated rings. The zero-order valence-electron chi connectivity index (χ0n) is 14.8. The molecule has 5 nitrogen and oxygen atoms in total. The Morgan fingerprint density at radius 3 is 2.72 bits per heavy atom. The number of hydrogen-bond donors (Lipinski definition) is 1. The van der Waals surface area contributed by atoms with Crippen molar-refractivity contribution in [1.82, 2.24) is 4.98 Å². The van der Waals surface area contributed by atoms with Crippen LogP contribution in [0.15, 0.2) is 47.8 Å². The molecule has 3 rings (SSSR count). The Labute approximate surface area is 147 Å². The molecule has 0 aliphatic carbocycles. The molecular weight excluding hydrogens is 316 g/mol. The number of nitrogens with zero attached hydrogens (tertiary/aromatic N) is 1. The summed E-state index contributed by atoms with van der Waals surface area (Å²) in [5.41, 5.74) is 5.27. The van der Waals surface area contributed by atoms with Gasteiger partial charge in [-0.2, -0.15) is 0 Å². The molecule has 0 saturated carbocycles. The third-order valence-corrected chi connectivity index (χ3v) is 4.19. The summed E-state index contributed by atoms with van der Waals surface area (Å²) >= 11 is 0. The second-order valence-corrected chi connectivity index (χ2v) is 6.00. The minimum absolute atomic E-state index is 0.258. The van der Waals surface area contributed by atoms with Crippen LogP contribution in [0.1, 0.15) is 30.5 Å². The number of anilines is 1. The van der Waals surface area contributed by atoms with Gasteiger partial charge >= 0.3 is 5.97 Å². The largest absolute Gasteiger partial charge is 0.478 e. The van der Waals surface area contributed by atoms with Gasteiger partial charge in [-0.3, -0.25) is 0 Å². The van der Waals surface area contributed by atoms with Crippen LogP contribution in [0.3, 0.4) is 0 Å². The zero-order chi connectivity index (χ0) is 17.8. The lowest BCUT2D eigenvalue weighted by Crippen LogP contribution is -2.21. The van der Waals surface area contributed by atoms with Gasteiger partial charge in [-0.05, 0) is 31.9 Å². The Morgan fingerprint density at radius 1 is 1.24 bits per heavy atom. The minimum atomic E-state index is -0.316. The van der Waals surface area contributed by atoms with Gasteiger partial charge in [0.1, 0.15) is 6.61 Å². The Hall–Kier alpha value is -2.82. The summed E-state index contributed by atoms with van der Waals surface area (Å²) in [7, 11) is 0. The fourth-order valence-corrected chi connectivity index (χ4v) is 2.85. The number of nitrogens with one attached hydrogen (secondary N) is 1. The van der Waals surface area contributed by atoms with Gasteiger partial charge in [-0.1, -0.05) is 30.3 Å². The highest BCUT2D eigenvalue weighted by Crippen LogP contribution is 2.35. The molecule has 0 bridgehead atoms. The van der Waals surface area contributed by atoms with E-state index in [9.17, 15) is 4.79 Å². The van der Waals surface area contributed by atoms with Crippen LogP contribution in [0.5, 0.6) is 5.88 Å². The monoisotopic (exact) mass is 338 g/mol. The number of rotatable bonds is 5. The number of carbonyl (C=O) groups is 1. The molecule has 0 unspecified atom stereocenters. The smallest absolute Gasteiger partial charge is 0.336 e. The van der Waals surface area contributed by atoms with Crippen LogP contribution >= 0.6 is 0 Å². The number of aromatic nitrogens is 1. The molecule has 25 heavy (non-hydrogen) atoms. The quantitative estimate of drug-likeness (QED) is 0.841. The van der Waals surface area contributed by atoms with Crippen LogP contribution < -0.4 is 10.1 Å². The van der Waals surface area contributed by atoms with Crippen LogP contribution in [-0.2, 0) is 22.6 Å². The molecule has 0 saturated heterocycles. The second-order valence-electron chi connectivity index (χ2n) is 6.00. The Balaban J connectivity index is 1.80. The summed E-state index contributed by atoms with van der Waals surface area (Å²) < 4.78 is 11.1. The molecule has 1 aromatic carbocycles. The SMILES string of the molecule is CCOc1ncc(C)c2c1CC(C(=O)OCc1ccccc1)=C(C)N2. The first-order chi connectivity index (χ1) is 12.1. The number of hydrogen-bond acceptors (Lipinski definition) is 5. The van der Waals surface area contributed by atoms with Crippen molar-refractivity contribution in [2.75, 3.05) is 11.9 Å². The molecule has 0 spiro atoms. The van der Waals surface area contributed by atoms with Gasteiger partial charge in [-0.25, -0.2) is 9.78 Å². The summed E-state index contributed by atoms with van der Waals surface area (Å²) in [6.45, 7) is 6.58. The molecule has 2 heterocycles. The number of pyridine rings is 1.